The maximum Gasteiger partial charge on any atom is 0.240 e. The number of amides is 3. The second-order valence-electron chi connectivity index (χ2n) is 7.90. The maximum atomic E-state index is 13.2. The Morgan fingerprint density at radius 3 is 2.65 bits per heavy atom. The van der Waals surface area contributed by atoms with Crippen LogP contribution in [-0.2, 0) is 19.8 Å². The molecule has 6 heteroatoms. The van der Waals surface area contributed by atoms with E-state index in [0.29, 0.717) is 12.3 Å². The van der Waals surface area contributed by atoms with Crippen molar-refractivity contribution in [3.05, 3.63) is 29.8 Å². The zero-order valence-corrected chi connectivity index (χ0v) is 15.6. The van der Waals surface area contributed by atoms with Crippen molar-refractivity contribution in [2.24, 2.45) is 17.6 Å². The maximum absolute atomic E-state index is 13.2. The van der Waals surface area contributed by atoms with Crippen LogP contribution in [0.15, 0.2) is 24.3 Å². The summed E-state index contributed by atoms with van der Waals surface area (Å²) in [6.07, 6.45) is 1.71. The Labute approximate surface area is 154 Å². The number of primary amides is 1. The zero-order valence-electron chi connectivity index (χ0n) is 15.6. The summed E-state index contributed by atoms with van der Waals surface area (Å²) >= 11 is 0. The molecule has 2 aliphatic heterocycles. The Morgan fingerprint density at radius 2 is 2.04 bits per heavy atom. The van der Waals surface area contributed by atoms with Crippen LogP contribution in [0.3, 0.4) is 0 Å². The van der Waals surface area contributed by atoms with Crippen LogP contribution in [0.2, 0.25) is 0 Å². The number of para-hydroxylation sites is 1. The van der Waals surface area contributed by atoms with Crippen LogP contribution in [-0.4, -0.2) is 35.2 Å². The van der Waals surface area contributed by atoms with Gasteiger partial charge in [0.1, 0.15) is 6.04 Å². The van der Waals surface area contributed by atoms with Gasteiger partial charge < -0.3 is 16.0 Å². The van der Waals surface area contributed by atoms with Crippen molar-refractivity contribution < 1.29 is 14.4 Å². The van der Waals surface area contributed by atoms with Gasteiger partial charge in [-0.1, -0.05) is 39.0 Å². The standard InChI is InChI=1S/C20H27N3O3/c1-4-13(9-12(2)3)18(25)23-11-20(10-16(23)17(21)24)14-7-5-6-8-15(14)22-19(20)26/h5-8,12-13,16H,4,9-11H2,1-3H3,(H2,21,24)(H,22,26)/t13-,16-,20-/m0/s1. The van der Waals surface area contributed by atoms with E-state index >= 15 is 0 Å². The Hall–Kier alpha value is -2.37. The lowest BCUT2D eigenvalue weighted by molar-refractivity contribution is -0.141. The van der Waals surface area contributed by atoms with E-state index in [4.69, 9.17) is 5.73 Å². The highest BCUT2D eigenvalue weighted by Gasteiger charge is 2.57. The van der Waals surface area contributed by atoms with Crippen LogP contribution in [0.1, 0.15) is 45.6 Å². The van der Waals surface area contributed by atoms with Gasteiger partial charge in [-0.05, 0) is 36.8 Å². The van der Waals surface area contributed by atoms with Gasteiger partial charge in [0, 0.05) is 18.2 Å². The normalized spacial score (nSPS) is 25.5. The first-order valence-electron chi connectivity index (χ1n) is 9.31. The average molecular weight is 357 g/mol. The van der Waals surface area contributed by atoms with Crippen LogP contribution in [0.5, 0.6) is 0 Å². The van der Waals surface area contributed by atoms with Crippen molar-refractivity contribution in [3.8, 4) is 0 Å². The predicted octanol–water partition coefficient (Wildman–Crippen LogP) is 2.03. The molecule has 1 aromatic carbocycles. The molecule has 0 unspecified atom stereocenters. The molecule has 3 amide bonds. The summed E-state index contributed by atoms with van der Waals surface area (Å²) in [5.74, 6) is -0.558. The molecular weight excluding hydrogens is 330 g/mol. The molecule has 1 fully saturated rings. The van der Waals surface area contributed by atoms with Crippen LogP contribution in [0.25, 0.3) is 0 Å². The SMILES string of the molecule is CC[C@@H](CC(C)C)C(=O)N1C[C@]2(C[C@H]1C(N)=O)C(=O)Nc1ccccc12. The number of hydrogen-bond acceptors (Lipinski definition) is 3. The van der Waals surface area contributed by atoms with Gasteiger partial charge in [-0.25, -0.2) is 0 Å². The Balaban J connectivity index is 1.96. The summed E-state index contributed by atoms with van der Waals surface area (Å²) in [6, 6.07) is 6.72. The Kier molecular flexibility index (Phi) is 4.78. The van der Waals surface area contributed by atoms with Gasteiger partial charge in [0.2, 0.25) is 17.7 Å². The van der Waals surface area contributed by atoms with E-state index in [-0.39, 0.29) is 30.7 Å². The first-order chi connectivity index (χ1) is 12.3. The number of anilines is 1. The molecule has 2 aliphatic rings. The zero-order chi connectivity index (χ0) is 19.1. The van der Waals surface area contributed by atoms with Crippen LogP contribution in [0, 0.1) is 11.8 Å². The molecule has 140 valence electrons. The second kappa shape index (κ2) is 6.74. The van der Waals surface area contributed by atoms with E-state index in [0.717, 1.165) is 17.7 Å². The number of carbonyl (C=O) groups is 3. The van der Waals surface area contributed by atoms with E-state index in [1.165, 1.54) is 0 Å². The lowest BCUT2D eigenvalue weighted by atomic mass is 9.79. The highest BCUT2D eigenvalue weighted by atomic mass is 16.2. The molecule has 3 N–H and O–H groups in total. The fraction of sp³-hybridized carbons (Fsp3) is 0.550. The topological polar surface area (TPSA) is 92.5 Å². The lowest BCUT2D eigenvalue weighted by Crippen LogP contribution is -2.46. The van der Waals surface area contributed by atoms with Crippen LogP contribution in [0.4, 0.5) is 5.69 Å². The number of rotatable bonds is 5. The minimum absolute atomic E-state index is 0.0703. The Morgan fingerprint density at radius 1 is 1.35 bits per heavy atom. The number of fused-ring (bicyclic) bond motifs is 2. The summed E-state index contributed by atoms with van der Waals surface area (Å²) in [5, 5.41) is 2.90. The van der Waals surface area contributed by atoms with E-state index in [1.54, 1.807) is 4.90 Å². The number of nitrogens with one attached hydrogen (secondary N) is 1. The monoisotopic (exact) mass is 357 g/mol. The van der Waals surface area contributed by atoms with Crippen molar-refractivity contribution in [3.63, 3.8) is 0 Å². The van der Waals surface area contributed by atoms with Gasteiger partial charge in [-0.2, -0.15) is 0 Å². The molecular formula is C20H27N3O3. The smallest absolute Gasteiger partial charge is 0.240 e. The molecule has 0 radical (unpaired) electrons. The summed E-state index contributed by atoms with van der Waals surface area (Å²) in [7, 11) is 0. The number of hydrogen-bond donors (Lipinski definition) is 2. The first kappa shape index (κ1) is 18.4. The molecule has 3 rings (SSSR count). The molecule has 0 saturated carbocycles. The molecule has 6 nitrogen and oxygen atoms in total. The van der Waals surface area contributed by atoms with E-state index in [2.05, 4.69) is 19.2 Å². The number of benzene rings is 1. The van der Waals surface area contributed by atoms with E-state index in [9.17, 15) is 14.4 Å². The highest BCUT2D eigenvalue weighted by Crippen LogP contribution is 2.46. The summed E-state index contributed by atoms with van der Waals surface area (Å²) < 4.78 is 0. The average Bonchev–Trinajstić information content (AvgIpc) is 3.13. The van der Waals surface area contributed by atoms with Gasteiger partial charge in [0.25, 0.3) is 0 Å². The summed E-state index contributed by atoms with van der Waals surface area (Å²) in [6.45, 7) is 6.34. The lowest BCUT2D eigenvalue weighted by Gasteiger charge is -2.28. The number of likely N-dealkylation sites (tertiary alicyclic amines) is 1. The third-order valence-electron chi connectivity index (χ3n) is 5.69. The molecule has 0 bridgehead atoms. The molecule has 3 atom stereocenters. The second-order valence-corrected chi connectivity index (χ2v) is 7.90. The van der Waals surface area contributed by atoms with Gasteiger partial charge in [0.15, 0.2) is 0 Å². The quantitative estimate of drug-likeness (QED) is 0.844. The van der Waals surface area contributed by atoms with Crippen LogP contribution >= 0.6 is 0 Å². The van der Waals surface area contributed by atoms with Gasteiger partial charge >= 0.3 is 0 Å². The molecule has 0 aromatic heterocycles. The van der Waals surface area contributed by atoms with Gasteiger partial charge in [-0.15, -0.1) is 0 Å². The fourth-order valence-corrected chi connectivity index (χ4v) is 4.37. The minimum Gasteiger partial charge on any atom is -0.368 e. The summed E-state index contributed by atoms with van der Waals surface area (Å²) in [5.41, 5.74) is 6.34. The molecule has 1 saturated heterocycles. The van der Waals surface area contributed by atoms with Crippen molar-refractivity contribution in [1.82, 2.24) is 4.90 Å². The van der Waals surface area contributed by atoms with E-state index in [1.807, 2.05) is 31.2 Å². The van der Waals surface area contributed by atoms with Crippen molar-refractivity contribution >= 4 is 23.4 Å². The third-order valence-corrected chi connectivity index (χ3v) is 5.69. The molecule has 1 spiro atoms. The van der Waals surface area contributed by atoms with Crippen LogP contribution < -0.4 is 11.1 Å². The van der Waals surface area contributed by atoms with Gasteiger partial charge in [0.05, 0.1) is 5.41 Å². The largest absolute Gasteiger partial charge is 0.368 e. The number of nitrogens with zero attached hydrogens (tertiary/aromatic N) is 1. The highest BCUT2D eigenvalue weighted by molar-refractivity contribution is 6.08. The Bertz CT molecular complexity index is 746. The first-order valence-corrected chi connectivity index (χ1v) is 9.31. The summed E-state index contributed by atoms with van der Waals surface area (Å²) in [4.78, 5) is 39.6. The molecule has 2 heterocycles. The minimum atomic E-state index is -0.887. The molecule has 0 aliphatic carbocycles. The fourth-order valence-electron chi connectivity index (χ4n) is 4.37. The van der Waals surface area contributed by atoms with Crippen molar-refractivity contribution in [2.75, 3.05) is 11.9 Å². The third kappa shape index (κ3) is 2.87. The van der Waals surface area contributed by atoms with Gasteiger partial charge in [-0.3, -0.25) is 14.4 Å². The number of carbonyl (C=O) groups excluding carboxylic acids is 3. The number of nitrogens with two attached hydrogens (primary N) is 1. The van der Waals surface area contributed by atoms with E-state index < -0.39 is 17.4 Å². The molecule has 1 aromatic rings. The molecule has 26 heavy (non-hydrogen) atoms. The van der Waals surface area contributed by atoms with Crippen molar-refractivity contribution in [2.45, 2.75) is 51.5 Å². The van der Waals surface area contributed by atoms with Crippen molar-refractivity contribution in [1.29, 1.82) is 0 Å². The predicted molar refractivity (Wildman–Crippen MR) is 99.3 cm³/mol.